The van der Waals surface area contributed by atoms with E-state index in [9.17, 15) is 18.0 Å². The molecule has 7 nitrogen and oxygen atoms in total. The van der Waals surface area contributed by atoms with Crippen molar-refractivity contribution in [3.8, 4) is 29.1 Å². The summed E-state index contributed by atoms with van der Waals surface area (Å²) in [6, 6.07) is 6.49. The Kier molecular flexibility index (Phi) is 6.17. The Morgan fingerprint density at radius 3 is 2.33 bits per heavy atom. The van der Waals surface area contributed by atoms with Gasteiger partial charge < -0.3 is 14.2 Å². The maximum absolute atomic E-state index is 12.8. The van der Waals surface area contributed by atoms with E-state index in [4.69, 9.17) is 25.8 Å². The molecule has 0 spiro atoms. The van der Waals surface area contributed by atoms with E-state index >= 15 is 0 Å². The lowest BCUT2D eigenvalue weighted by molar-refractivity contribution is -0.137. The molecule has 0 amide bonds. The van der Waals surface area contributed by atoms with Gasteiger partial charge in [0.15, 0.2) is 11.5 Å². The highest BCUT2D eigenvalue weighted by Crippen LogP contribution is 2.42. The van der Waals surface area contributed by atoms with E-state index in [2.05, 4.69) is 21.5 Å². The van der Waals surface area contributed by atoms with Gasteiger partial charge in [0.05, 0.1) is 5.56 Å². The quantitative estimate of drug-likeness (QED) is 0.297. The summed E-state index contributed by atoms with van der Waals surface area (Å²) in [6.45, 7) is 3.31. The lowest BCUT2D eigenvalue weighted by Crippen LogP contribution is -2.07. The van der Waals surface area contributed by atoms with E-state index < -0.39 is 22.7 Å². The standard InChI is InChI=1S/C19H11ClF3N3O4/c1-2-15(27)30-16-13(5-3-6-14(16)29-18-24-7-4-8-25-18)28-17-12(20)9-11(10-26-17)19(21,22)23/h2-10H,1H2. The van der Waals surface area contributed by atoms with Crippen molar-refractivity contribution in [2.24, 2.45) is 0 Å². The van der Waals surface area contributed by atoms with Crippen LogP contribution < -0.4 is 14.2 Å². The number of rotatable bonds is 6. The first-order valence-corrected chi connectivity index (χ1v) is 8.48. The maximum Gasteiger partial charge on any atom is 0.417 e. The van der Waals surface area contributed by atoms with Crippen molar-refractivity contribution in [1.82, 2.24) is 15.0 Å². The second-order valence-corrected chi connectivity index (χ2v) is 5.86. The van der Waals surface area contributed by atoms with E-state index in [1.165, 1.54) is 30.6 Å². The Bertz CT molecular complexity index is 1080. The van der Waals surface area contributed by atoms with E-state index in [0.717, 1.165) is 6.08 Å². The molecule has 2 aromatic heterocycles. The van der Waals surface area contributed by atoms with Crippen LogP contribution >= 0.6 is 11.6 Å². The average molecular weight is 438 g/mol. The summed E-state index contributed by atoms with van der Waals surface area (Å²) in [5.41, 5.74) is -1.04. The van der Waals surface area contributed by atoms with Gasteiger partial charge in [-0.25, -0.2) is 19.7 Å². The van der Waals surface area contributed by atoms with Crippen molar-refractivity contribution in [2.45, 2.75) is 6.18 Å². The van der Waals surface area contributed by atoms with Crippen LogP contribution in [0, 0.1) is 0 Å². The van der Waals surface area contributed by atoms with Crippen LogP contribution in [-0.2, 0) is 11.0 Å². The molecule has 30 heavy (non-hydrogen) atoms. The molecule has 0 aliphatic rings. The van der Waals surface area contributed by atoms with Crippen molar-refractivity contribution in [3.05, 3.63) is 72.2 Å². The minimum atomic E-state index is -4.62. The van der Waals surface area contributed by atoms with Gasteiger partial charge in [-0.1, -0.05) is 24.2 Å². The Hall–Kier alpha value is -3.66. The summed E-state index contributed by atoms with van der Waals surface area (Å²) in [4.78, 5) is 23.2. The molecule has 3 aromatic rings. The summed E-state index contributed by atoms with van der Waals surface area (Å²) in [5, 5.41) is -0.400. The lowest BCUT2D eigenvalue weighted by atomic mass is 10.2. The molecule has 11 heteroatoms. The number of nitrogens with zero attached hydrogens (tertiary/aromatic N) is 3. The van der Waals surface area contributed by atoms with Gasteiger partial charge in [0.2, 0.25) is 11.6 Å². The SMILES string of the molecule is C=CC(=O)Oc1c(Oc2ncccn2)cccc1Oc1ncc(C(F)(F)F)cc1Cl. The van der Waals surface area contributed by atoms with Gasteiger partial charge in [0, 0.05) is 24.7 Å². The number of carbonyl (C=O) groups is 1. The first kappa shape index (κ1) is 21.1. The molecule has 0 bridgehead atoms. The third-order valence-electron chi connectivity index (χ3n) is 3.40. The predicted molar refractivity (Wildman–Crippen MR) is 98.7 cm³/mol. The van der Waals surface area contributed by atoms with Crippen molar-refractivity contribution in [1.29, 1.82) is 0 Å². The Balaban J connectivity index is 1.98. The molecule has 0 radical (unpaired) electrons. The zero-order chi connectivity index (χ0) is 21.7. The largest absolute Gasteiger partial charge is 0.433 e. The van der Waals surface area contributed by atoms with Crippen LogP contribution in [-0.4, -0.2) is 20.9 Å². The van der Waals surface area contributed by atoms with Gasteiger partial charge in [0.25, 0.3) is 0 Å². The van der Waals surface area contributed by atoms with Crippen LogP contribution in [0.1, 0.15) is 5.56 Å². The summed E-state index contributed by atoms with van der Waals surface area (Å²) in [5.74, 6) is -1.48. The molecular weight excluding hydrogens is 427 g/mol. The highest BCUT2D eigenvalue weighted by molar-refractivity contribution is 6.31. The van der Waals surface area contributed by atoms with E-state index in [1.54, 1.807) is 6.07 Å². The average Bonchev–Trinajstić information content (AvgIpc) is 2.71. The molecule has 0 atom stereocenters. The summed E-state index contributed by atoms with van der Waals surface area (Å²) in [7, 11) is 0. The van der Waals surface area contributed by atoms with Gasteiger partial charge >= 0.3 is 18.2 Å². The smallest absolute Gasteiger partial charge is 0.417 e. The van der Waals surface area contributed by atoms with Crippen molar-refractivity contribution < 1.29 is 32.2 Å². The zero-order valence-electron chi connectivity index (χ0n) is 14.9. The van der Waals surface area contributed by atoms with Crippen LogP contribution in [0.2, 0.25) is 5.02 Å². The first-order chi connectivity index (χ1) is 14.3. The first-order valence-electron chi connectivity index (χ1n) is 8.10. The highest BCUT2D eigenvalue weighted by atomic mass is 35.5. The Labute approximate surface area is 172 Å². The van der Waals surface area contributed by atoms with Gasteiger partial charge in [-0.05, 0) is 24.3 Å². The topological polar surface area (TPSA) is 83.4 Å². The lowest BCUT2D eigenvalue weighted by Gasteiger charge is -2.15. The van der Waals surface area contributed by atoms with Gasteiger partial charge in [-0.15, -0.1) is 0 Å². The number of halogens is 4. The molecule has 0 saturated carbocycles. The molecular formula is C19H11ClF3N3O4. The molecule has 0 fully saturated rings. The highest BCUT2D eigenvalue weighted by Gasteiger charge is 2.32. The summed E-state index contributed by atoms with van der Waals surface area (Å²) < 4.78 is 54.6. The number of pyridine rings is 1. The maximum atomic E-state index is 12.8. The second-order valence-electron chi connectivity index (χ2n) is 5.45. The molecule has 2 heterocycles. The Morgan fingerprint density at radius 1 is 1.07 bits per heavy atom. The summed E-state index contributed by atoms with van der Waals surface area (Å²) >= 11 is 5.88. The molecule has 0 N–H and O–H groups in total. The molecule has 3 rings (SSSR count). The number of esters is 1. The van der Waals surface area contributed by atoms with E-state index in [-0.39, 0.29) is 29.1 Å². The number of benzene rings is 1. The molecule has 0 unspecified atom stereocenters. The number of carbonyl (C=O) groups excluding carboxylic acids is 1. The Morgan fingerprint density at radius 2 is 1.73 bits per heavy atom. The molecule has 0 aliphatic heterocycles. The number of ether oxygens (including phenoxy) is 3. The van der Waals surface area contributed by atoms with E-state index in [1.807, 2.05) is 0 Å². The fourth-order valence-corrected chi connectivity index (χ4v) is 2.30. The monoisotopic (exact) mass is 437 g/mol. The van der Waals surface area contributed by atoms with Crippen LogP contribution in [0.3, 0.4) is 0 Å². The minimum absolute atomic E-state index is 0.00284. The van der Waals surface area contributed by atoms with Crippen molar-refractivity contribution >= 4 is 17.6 Å². The van der Waals surface area contributed by atoms with Crippen LogP contribution in [0.15, 0.2) is 61.6 Å². The molecule has 154 valence electrons. The minimum Gasteiger partial charge on any atom is -0.433 e. The molecule has 1 aromatic carbocycles. The third kappa shape index (κ3) is 5.03. The van der Waals surface area contributed by atoms with Gasteiger partial charge in [-0.3, -0.25) is 0 Å². The number of hydrogen-bond donors (Lipinski definition) is 0. The fraction of sp³-hybridized carbons (Fsp3) is 0.0526. The van der Waals surface area contributed by atoms with Crippen LogP contribution in [0.5, 0.6) is 29.1 Å². The van der Waals surface area contributed by atoms with Gasteiger partial charge in [-0.2, -0.15) is 13.2 Å². The number of alkyl halides is 3. The predicted octanol–water partition coefficient (Wildman–Crippen LogP) is 5.22. The fourth-order valence-electron chi connectivity index (χ4n) is 2.10. The second kappa shape index (κ2) is 8.78. The molecule has 0 aliphatic carbocycles. The van der Waals surface area contributed by atoms with E-state index in [0.29, 0.717) is 12.3 Å². The number of aromatic nitrogens is 3. The number of para-hydroxylation sites is 1. The van der Waals surface area contributed by atoms with Gasteiger partial charge in [0.1, 0.15) is 5.02 Å². The molecule has 0 saturated heterocycles. The van der Waals surface area contributed by atoms with Crippen LogP contribution in [0.25, 0.3) is 0 Å². The van der Waals surface area contributed by atoms with Crippen molar-refractivity contribution in [2.75, 3.05) is 0 Å². The summed E-state index contributed by atoms with van der Waals surface area (Å²) in [6.07, 6.45) is -0.283. The third-order valence-corrected chi connectivity index (χ3v) is 3.67. The van der Waals surface area contributed by atoms with Crippen LogP contribution in [0.4, 0.5) is 13.2 Å². The normalized spacial score (nSPS) is 10.9. The zero-order valence-corrected chi connectivity index (χ0v) is 15.6. The van der Waals surface area contributed by atoms with Crippen molar-refractivity contribution in [3.63, 3.8) is 0 Å². The number of hydrogen-bond acceptors (Lipinski definition) is 7.